The summed E-state index contributed by atoms with van der Waals surface area (Å²) in [7, 11) is 0. The highest BCUT2D eigenvalue weighted by Crippen LogP contribution is 2.19. The molecular weight excluding hydrogens is 134 g/mol. The number of rotatable bonds is 3. The van der Waals surface area contributed by atoms with Gasteiger partial charge in [0, 0.05) is 12.1 Å². The van der Waals surface area contributed by atoms with Crippen LogP contribution in [0.25, 0.3) is 0 Å². The van der Waals surface area contributed by atoms with Crippen molar-refractivity contribution in [2.24, 2.45) is 5.92 Å². The topological polar surface area (TPSA) is 12.0 Å². The normalized spacial score (nSPS) is 22.9. The largest absolute Gasteiger partial charge is 0.311 e. The third-order valence-corrected chi connectivity index (χ3v) is 2.85. The summed E-state index contributed by atoms with van der Waals surface area (Å²) < 4.78 is 0. The smallest absolute Gasteiger partial charge is 0.00696 e. The lowest BCUT2D eigenvalue weighted by molar-refractivity contribution is 0.374. The Bertz CT molecular complexity index is 103. The maximum Gasteiger partial charge on any atom is 0.00696 e. The molecule has 0 aromatic heterocycles. The second kappa shape index (κ2) is 4.10. The molecule has 0 radical (unpaired) electrons. The second-order valence-corrected chi connectivity index (χ2v) is 4.18. The van der Waals surface area contributed by atoms with Crippen molar-refractivity contribution in [3.05, 3.63) is 0 Å². The maximum absolute atomic E-state index is 3.68. The molecule has 1 saturated carbocycles. The van der Waals surface area contributed by atoms with Crippen molar-refractivity contribution in [3.8, 4) is 0 Å². The maximum atomic E-state index is 3.68. The molecule has 0 heterocycles. The average Bonchev–Trinajstić information content (AvgIpc) is 2.39. The molecule has 0 aromatic rings. The molecule has 1 unspecified atom stereocenters. The first kappa shape index (κ1) is 9.05. The van der Waals surface area contributed by atoms with Crippen LogP contribution in [0.1, 0.15) is 46.5 Å². The summed E-state index contributed by atoms with van der Waals surface area (Å²) in [6.07, 6.45) is 5.67. The van der Waals surface area contributed by atoms with E-state index >= 15 is 0 Å². The minimum absolute atomic E-state index is 0.693. The van der Waals surface area contributed by atoms with Crippen molar-refractivity contribution in [1.82, 2.24) is 5.32 Å². The van der Waals surface area contributed by atoms with Crippen LogP contribution < -0.4 is 5.32 Å². The van der Waals surface area contributed by atoms with E-state index in [-0.39, 0.29) is 0 Å². The molecule has 0 spiro atoms. The molecule has 1 fully saturated rings. The minimum atomic E-state index is 0.693. The van der Waals surface area contributed by atoms with Gasteiger partial charge in [-0.05, 0) is 25.7 Å². The van der Waals surface area contributed by atoms with E-state index in [4.69, 9.17) is 0 Å². The molecule has 0 aliphatic heterocycles. The van der Waals surface area contributed by atoms with Gasteiger partial charge in [-0.15, -0.1) is 0 Å². The fourth-order valence-electron chi connectivity index (χ4n) is 1.66. The fraction of sp³-hybridized carbons (Fsp3) is 1.00. The lowest BCUT2D eigenvalue weighted by Crippen LogP contribution is -2.37. The lowest BCUT2D eigenvalue weighted by atomic mass is 10.1. The van der Waals surface area contributed by atoms with Gasteiger partial charge in [-0.3, -0.25) is 0 Å². The molecule has 0 amide bonds. The predicted molar refractivity (Wildman–Crippen MR) is 49.7 cm³/mol. The first-order valence-corrected chi connectivity index (χ1v) is 4.96. The van der Waals surface area contributed by atoms with E-state index in [0.29, 0.717) is 6.04 Å². The molecule has 0 aromatic carbocycles. The Kier molecular flexibility index (Phi) is 3.38. The highest BCUT2D eigenvalue weighted by atomic mass is 14.9. The van der Waals surface area contributed by atoms with Crippen LogP contribution in [0.2, 0.25) is 0 Å². The van der Waals surface area contributed by atoms with Crippen LogP contribution in [-0.2, 0) is 0 Å². The molecule has 1 nitrogen and oxygen atoms in total. The van der Waals surface area contributed by atoms with Gasteiger partial charge in [0.15, 0.2) is 0 Å². The molecule has 0 bridgehead atoms. The van der Waals surface area contributed by atoms with Gasteiger partial charge in [-0.25, -0.2) is 0 Å². The highest BCUT2D eigenvalue weighted by molar-refractivity contribution is 4.77. The lowest BCUT2D eigenvalue weighted by Gasteiger charge is -2.22. The molecule has 1 aliphatic carbocycles. The van der Waals surface area contributed by atoms with E-state index in [2.05, 4.69) is 26.1 Å². The minimum Gasteiger partial charge on any atom is -0.311 e. The van der Waals surface area contributed by atoms with E-state index in [1.807, 2.05) is 0 Å². The Morgan fingerprint density at radius 2 is 1.64 bits per heavy atom. The molecule has 1 atom stereocenters. The van der Waals surface area contributed by atoms with E-state index < -0.39 is 0 Å². The number of nitrogens with one attached hydrogen (secondary N) is 1. The van der Waals surface area contributed by atoms with Gasteiger partial charge in [0.1, 0.15) is 0 Å². The quantitative estimate of drug-likeness (QED) is 0.660. The summed E-state index contributed by atoms with van der Waals surface area (Å²) in [5, 5.41) is 3.68. The number of hydrogen-bond acceptors (Lipinski definition) is 1. The Hall–Kier alpha value is -0.0400. The molecule has 1 heteroatoms. The summed E-state index contributed by atoms with van der Waals surface area (Å²) >= 11 is 0. The Morgan fingerprint density at radius 3 is 2.09 bits per heavy atom. The fourth-order valence-corrected chi connectivity index (χ4v) is 1.66. The summed E-state index contributed by atoms with van der Waals surface area (Å²) in [6.45, 7) is 6.86. The van der Waals surface area contributed by atoms with E-state index in [9.17, 15) is 0 Å². The SMILES string of the molecule is CC(C)C(C)NC1CCCC1. The third-order valence-electron chi connectivity index (χ3n) is 2.85. The summed E-state index contributed by atoms with van der Waals surface area (Å²) in [5.41, 5.74) is 0. The van der Waals surface area contributed by atoms with E-state index in [1.54, 1.807) is 0 Å². The van der Waals surface area contributed by atoms with Crippen molar-refractivity contribution in [2.75, 3.05) is 0 Å². The molecule has 66 valence electrons. The monoisotopic (exact) mass is 155 g/mol. The molecule has 0 saturated heterocycles. The van der Waals surface area contributed by atoms with E-state index in [0.717, 1.165) is 12.0 Å². The molecular formula is C10H21N. The molecule has 1 aliphatic rings. The third kappa shape index (κ3) is 2.82. The summed E-state index contributed by atoms with van der Waals surface area (Å²) in [5.74, 6) is 0.774. The van der Waals surface area contributed by atoms with Crippen LogP contribution in [0.15, 0.2) is 0 Å². The van der Waals surface area contributed by atoms with Crippen molar-refractivity contribution >= 4 is 0 Å². The first-order valence-electron chi connectivity index (χ1n) is 4.96. The van der Waals surface area contributed by atoms with Crippen LogP contribution in [0, 0.1) is 5.92 Å². The van der Waals surface area contributed by atoms with Crippen LogP contribution >= 0.6 is 0 Å². The molecule has 1 N–H and O–H groups in total. The van der Waals surface area contributed by atoms with Crippen molar-refractivity contribution in [2.45, 2.75) is 58.5 Å². The second-order valence-electron chi connectivity index (χ2n) is 4.18. The van der Waals surface area contributed by atoms with Crippen molar-refractivity contribution in [3.63, 3.8) is 0 Å². The van der Waals surface area contributed by atoms with Crippen LogP contribution in [0.4, 0.5) is 0 Å². The zero-order valence-corrected chi connectivity index (χ0v) is 8.06. The van der Waals surface area contributed by atoms with Crippen LogP contribution in [0.3, 0.4) is 0 Å². The van der Waals surface area contributed by atoms with E-state index in [1.165, 1.54) is 25.7 Å². The Labute approximate surface area is 70.6 Å². The first-order chi connectivity index (χ1) is 5.20. The predicted octanol–water partition coefficient (Wildman–Crippen LogP) is 2.56. The van der Waals surface area contributed by atoms with Gasteiger partial charge >= 0.3 is 0 Å². The van der Waals surface area contributed by atoms with Gasteiger partial charge in [-0.2, -0.15) is 0 Å². The summed E-state index contributed by atoms with van der Waals surface area (Å²) in [6, 6.07) is 1.52. The van der Waals surface area contributed by atoms with Crippen molar-refractivity contribution < 1.29 is 0 Å². The zero-order valence-electron chi connectivity index (χ0n) is 8.06. The van der Waals surface area contributed by atoms with Gasteiger partial charge in [0.25, 0.3) is 0 Å². The van der Waals surface area contributed by atoms with Gasteiger partial charge in [0.05, 0.1) is 0 Å². The standard InChI is InChI=1S/C10H21N/c1-8(2)9(3)11-10-6-4-5-7-10/h8-11H,4-7H2,1-3H3. The zero-order chi connectivity index (χ0) is 8.27. The van der Waals surface area contributed by atoms with Gasteiger partial charge in [-0.1, -0.05) is 26.7 Å². The molecule has 1 rings (SSSR count). The Balaban J connectivity index is 2.18. The summed E-state index contributed by atoms with van der Waals surface area (Å²) in [4.78, 5) is 0. The number of hydrogen-bond donors (Lipinski definition) is 1. The van der Waals surface area contributed by atoms with Crippen LogP contribution in [-0.4, -0.2) is 12.1 Å². The molecule has 11 heavy (non-hydrogen) atoms. The average molecular weight is 155 g/mol. The van der Waals surface area contributed by atoms with Crippen molar-refractivity contribution in [1.29, 1.82) is 0 Å². The van der Waals surface area contributed by atoms with Crippen LogP contribution in [0.5, 0.6) is 0 Å². The van der Waals surface area contributed by atoms with Gasteiger partial charge in [0.2, 0.25) is 0 Å². The highest BCUT2D eigenvalue weighted by Gasteiger charge is 2.17. The Morgan fingerprint density at radius 1 is 1.09 bits per heavy atom. The van der Waals surface area contributed by atoms with Gasteiger partial charge < -0.3 is 5.32 Å².